The second kappa shape index (κ2) is 11.7. The number of hydrogen-bond acceptors (Lipinski definition) is 7. The Morgan fingerprint density at radius 1 is 1.03 bits per heavy atom. The molecule has 7 nitrogen and oxygen atoms in total. The summed E-state index contributed by atoms with van der Waals surface area (Å²) in [4.78, 5) is 17.5. The van der Waals surface area contributed by atoms with Crippen molar-refractivity contribution in [3.63, 3.8) is 0 Å². The van der Waals surface area contributed by atoms with Crippen molar-refractivity contribution in [1.29, 1.82) is 0 Å². The van der Waals surface area contributed by atoms with Crippen molar-refractivity contribution >= 4 is 11.5 Å². The SMILES string of the molecule is COc1ccccc1N1CCN(CCCCOc2cc(O)c3c(c2)OC(c2ccc(F)cc2)CC3=O)CC1. The summed E-state index contributed by atoms with van der Waals surface area (Å²) in [6, 6.07) is 17.2. The van der Waals surface area contributed by atoms with E-state index in [1.54, 1.807) is 25.3 Å². The lowest BCUT2D eigenvalue weighted by molar-refractivity contribution is 0.0844. The molecule has 2 aliphatic heterocycles. The van der Waals surface area contributed by atoms with Crippen LogP contribution < -0.4 is 19.1 Å². The first kappa shape index (κ1) is 25.9. The van der Waals surface area contributed by atoms with Crippen LogP contribution >= 0.6 is 0 Å². The Morgan fingerprint density at radius 2 is 1.79 bits per heavy atom. The van der Waals surface area contributed by atoms with E-state index in [9.17, 15) is 14.3 Å². The number of benzene rings is 3. The van der Waals surface area contributed by atoms with Crippen LogP contribution in [0.3, 0.4) is 0 Å². The summed E-state index contributed by atoms with van der Waals surface area (Å²) in [5.41, 5.74) is 2.02. The minimum atomic E-state index is -0.534. The molecule has 0 spiro atoms. The number of carbonyl (C=O) groups excluding carboxylic acids is 1. The van der Waals surface area contributed by atoms with Gasteiger partial charge in [-0.2, -0.15) is 0 Å². The highest BCUT2D eigenvalue weighted by Crippen LogP contribution is 2.42. The number of anilines is 1. The van der Waals surface area contributed by atoms with Gasteiger partial charge in [-0.1, -0.05) is 24.3 Å². The van der Waals surface area contributed by atoms with Gasteiger partial charge in [-0.25, -0.2) is 4.39 Å². The fraction of sp³-hybridized carbons (Fsp3) is 0.367. The highest BCUT2D eigenvalue weighted by molar-refractivity contribution is 6.02. The van der Waals surface area contributed by atoms with E-state index >= 15 is 0 Å². The Balaban J connectivity index is 1.09. The van der Waals surface area contributed by atoms with Crippen LogP contribution in [0.25, 0.3) is 0 Å². The van der Waals surface area contributed by atoms with Crippen LogP contribution in [0.2, 0.25) is 0 Å². The van der Waals surface area contributed by atoms with E-state index in [1.807, 2.05) is 18.2 Å². The first-order valence-electron chi connectivity index (χ1n) is 13.1. The number of hydrogen-bond donors (Lipinski definition) is 1. The monoisotopic (exact) mass is 520 g/mol. The highest BCUT2D eigenvalue weighted by atomic mass is 19.1. The number of Topliss-reactive ketones (excluding diaryl/α,β-unsaturated/α-hetero) is 1. The van der Waals surface area contributed by atoms with Crippen LogP contribution in [-0.2, 0) is 0 Å². The molecule has 1 unspecified atom stereocenters. The van der Waals surface area contributed by atoms with Crippen LogP contribution in [0.5, 0.6) is 23.0 Å². The Bertz CT molecular complexity index is 1260. The third-order valence-corrected chi connectivity index (χ3v) is 7.15. The number of phenolic OH excluding ortho intramolecular Hbond substituents is 1. The summed E-state index contributed by atoms with van der Waals surface area (Å²) in [5, 5.41) is 10.5. The Labute approximate surface area is 222 Å². The van der Waals surface area contributed by atoms with Crippen LogP contribution in [0, 0.1) is 5.82 Å². The largest absolute Gasteiger partial charge is 0.507 e. The topological polar surface area (TPSA) is 71.5 Å². The molecule has 0 aliphatic carbocycles. The molecule has 1 saturated heterocycles. The van der Waals surface area contributed by atoms with Crippen molar-refractivity contribution in [2.24, 2.45) is 0 Å². The average molecular weight is 521 g/mol. The molecule has 2 aliphatic rings. The minimum absolute atomic E-state index is 0.0829. The number of para-hydroxylation sites is 2. The number of ketones is 1. The zero-order valence-electron chi connectivity index (χ0n) is 21.6. The minimum Gasteiger partial charge on any atom is -0.507 e. The average Bonchev–Trinajstić information content (AvgIpc) is 2.93. The van der Waals surface area contributed by atoms with Crippen LogP contribution in [0.4, 0.5) is 10.1 Å². The number of unbranched alkanes of at least 4 members (excludes halogenated alkanes) is 1. The molecule has 0 bridgehead atoms. The van der Waals surface area contributed by atoms with Crippen molar-refractivity contribution in [2.75, 3.05) is 51.3 Å². The van der Waals surface area contributed by atoms with Gasteiger partial charge in [0.25, 0.3) is 0 Å². The van der Waals surface area contributed by atoms with E-state index in [-0.39, 0.29) is 29.3 Å². The summed E-state index contributed by atoms with van der Waals surface area (Å²) >= 11 is 0. The molecule has 5 rings (SSSR count). The van der Waals surface area contributed by atoms with E-state index in [4.69, 9.17) is 14.2 Å². The molecule has 1 fully saturated rings. The molecule has 3 aromatic carbocycles. The predicted molar refractivity (Wildman–Crippen MR) is 143 cm³/mol. The lowest BCUT2D eigenvalue weighted by Crippen LogP contribution is -2.46. The normalized spacial score (nSPS) is 17.6. The number of nitrogens with zero attached hydrogens (tertiary/aromatic N) is 2. The summed E-state index contributed by atoms with van der Waals surface area (Å²) in [7, 11) is 1.71. The number of aromatic hydroxyl groups is 1. The second-order valence-corrected chi connectivity index (χ2v) is 9.66. The van der Waals surface area contributed by atoms with Crippen molar-refractivity contribution in [1.82, 2.24) is 4.90 Å². The van der Waals surface area contributed by atoms with Crippen LogP contribution in [0.1, 0.15) is 41.3 Å². The first-order valence-corrected chi connectivity index (χ1v) is 13.1. The number of fused-ring (bicyclic) bond motifs is 1. The lowest BCUT2D eigenvalue weighted by atomic mass is 9.95. The number of piperazine rings is 1. The van der Waals surface area contributed by atoms with Gasteiger partial charge >= 0.3 is 0 Å². The lowest BCUT2D eigenvalue weighted by Gasteiger charge is -2.36. The summed E-state index contributed by atoms with van der Waals surface area (Å²) in [6.45, 7) is 5.41. The molecule has 2 heterocycles. The zero-order chi connectivity index (χ0) is 26.5. The van der Waals surface area contributed by atoms with E-state index in [1.165, 1.54) is 18.2 Å². The smallest absolute Gasteiger partial charge is 0.174 e. The van der Waals surface area contributed by atoms with Gasteiger partial charge in [-0.05, 0) is 49.2 Å². The maximum absolute atomic E-state index is 13.3. The number of halogens is 1. The number of carbonyl (C=O) groups is 1. The van der Waals surface area contributed by atoms with Gasteiger partial charge in [0, 0.05) is 38.3 Å². The summed E-state index contributed by atoms with van der Waals surface area (Å²) < 4.78 is 30.7. The zero-order valence-corrected chi connectivity index (χ0v) is 21.6. The van der Waals surface area contributed by atoms with Crippen LogP contribution in [-0.4, -0.2) is 62.2 Å². The number of ether oxygens (including phenoxy) is 3. The third-order valence-electron chi connectivity index (χ3n) is 7.15. The molecule has 0 aromatic heterocycles. The first-order chi connectivity index (χ1) is 18.5. The van der Waals surface area contributed by atoms with Gasteiger partial charge < -0.3 is 24.2 Å². The Hall–Kier alpha value is -3.78. The third kappa shape index (κ3) is 5.86. The Morgan fingerprint density at radius 3 is 2.55 bits per heavy atom. The number of methoxy groups -OCH3 is 1. The number of phenols is 1. The maximum atomic E-state index is 13.3. The van der Waals surface area contributed by atoms with Gasteiger partial charge in [0.2, 0.25) is 0 Å². The molecule has 1 N–H and O–H groups in total. The molecular weight excluding hydrogens is 487 g/mol. The van der Waals surface area contributed by atoms with Crippen molar-refractivity contribution in [2.45, 2.75) is 25.4 Å². The highest BCUT2D eigenvalue weighted by Gasteiger charge is 2.31. The standard InChI is InChI=1S/C30H33FN2O5/c1-36-27-7-3-2-6-24(27)33-15-13-32(14-16-33)12-4-5-17-37-23-18-25(34)30-26(35)20-28(38-29(30)19-23)21-8-10-22(31)11-9-21/h2-3,6-11,18-19,28,34H,4-5,12-17,20H2,1H3. The summed E-state index contributed by atoms with van der Waals surface area (Å²) in [6.07, 6.45) is 1.41. The van der Waals surface area contributed by atoms with E-state index in [0.29, 0.717) is 23.7 Å². The fourth-order valence-corrected chi connectivity index (χ4v) is 5.09. The molecule has 1 atom stereocenters. The molecule has 200 valence electrons. The van der Waals surface area contributed by atoms with Crippen molar-refractivity contribution in [3.05, 3.63) is 77.6 Å². The van der Waals surface area contributed by atoms with Gasteiger partial charge in [0.05, 0.1) is 25.8 Å². The predicted octanol–water partition coefficient (Wildman–Crippen LogP) is 5.23. The fourth-order valence-electron chi connectivity index (χ4n) is 5.09. The van der Waals surface area contributed by atoms with Crippen LogP contribution in [0.15, 0.2) is 60.7 Å². The van der Waals surface area contributed by atoms with Crippen molar-refractivity contribution in [3.8, 4) is 23.0 Å². The molecule has 3 aromatic rings. The molecule has 8 heteroatoms. The van der Waals surface area contributed by atoms with E-state index in [2.05, 4.69) is 15.9 Å². The molecular formula is C30H33FN2O5. The maximum Gasteiger partial charge on any atom is 0.174 e. The van der Waals surface area contributed by atoms with Gasteiger partial charge in [-0.15, -0.1) is 0 Å². The molecule has 38 heavy (non-hydrogen) atoms. The quantitative estimate of drug-likeness (QED) is 0.388. The van der Waals surface area contributed by atoms with Gasteiger partial charge in [0.1, 0.15) is 40.5 Å². The van der Waals surface area contributed by atoms with Crippen molar-refractivity contribution < 1.29 is 28.5 Å². The molecule has 0 amide bonds. The van der Waals surface area contributed by atoms with E-state index in [0.717, 1.165) is 57.0 Å². The van der Waals surface area contributed by atoms with Gasteiger partial charge in [-0.3, -0.25) is 9.69 Å². The molecule has 0 saturated carbocycles. The summed E-state index contributed by atoms with van der Waals surface area (Å²) in [5.74, 6) is 0.952. The Kier molecular flexibility index (Phi) is 7.98. The van der Waals surface area contributed by atoms with E-state index < -0.39 is 6.10 Å². The number of rotatable bonds is 9. The molecule has 0 radical (unpaired) electrons. The second-order valence-electron chi connectivity index (χ2n) is 9.66. The van der Waals surface area contributed by atoms with Gasteiger partial charge in [0.15, 0.2) is 5.78 Å².